The van der Waals surface area contributed by atoms with Gasteiger partial charge in [-0.15, -0.1) is 0 Å². The van der Waals surface area contributed by atoms with Gasteiger partial charge in [0.25, 0.3) is 5.92 Å². The Balaban J connectivity index is 2.59. The molecule has 1 aromatic rings. The maximum atomic E-state index is 13.2. The third-order valence-corrected chi connectivity index (χ3v) is 3.44. The van der Waals surface area contributed by atoms with E-state index < -0.39 is 5.92 Å². The van der Waals surface area contributed by atoms with Crippen molar-refractivity contribution in [2.24, 2.45) is 0 Å². The lowest BCUT2D eigenvalue weighted by atomic mass is 10.0. The molecule has 0 spiro atoms. The summed E-state index contributed by atoms with van der Waals surface area (Å²) in [5, 5.41) is 3.57. The van der Waals surface area contributed by atoms with Gasteiger partial charge >= 0.3 is 0 Å². The highest BCUT2D eigenvalue weighted by Gasteiger charge is 2.24. The lowest BCUT2D eigenvalue weighted by Gasteiger charge is -2.29. The molecule has 0 saturated carbocycles. The fraction of sp³-hybridized carbons (Fsp3) is 0.667. The molecule has 0 aromatic heterocycles. The molecular formula is C18H29F2NO. The quantitative estimate of drug-likeness (QED) is 0.754. The molecule has 0 fully saturated rings. The largest absolute Gasteiger partial charge is 0.491 e. The Labute approximate surface area is 133 Å². The summed E-state index contributed by atoms with van der Waals surface area (Å²) in [7, 11) is 0. The van der Waals surface area contributed by atoms with E-state index in [2.05, 4.69) is 33.0 Å². The second kappa shape index (κ2) is 7.40. The Hall–Kier alpha value is -1.16. The van der Waals surface area contributed by atoms with E-state index in [4.69, 9.17) is 4.74 Å². The summed E-state index contributed by atoms with van der Waals surface area (Å²) in [6.07, 6.45) is 1.92. The highest BCUT2D eigenvalue weighted by atomic mass is 19.3. The van der Waals surface area contributed by atoms with Crippen molar-refractivity contribution in [2.45, 2.75) is 78.0 Å². The average molecular weight is 313 g/mol. The van der Waals surface area contributed by atoms with E-state index in [1.807, 2.05) is 6.92 Å². The molecule has 22 heavy (non-hydrogen) atoms. The summed E-state index contributed by atoms with van der Waals surface area (Å²) in [6, 6.07) is 6.44. The van der Waals surface area contributed by atoms with Gasteiger partial charge in [0.2, 0.25) is 0 Å². The molecule has 1 aromatic carbocycles. The van der Waals surface area contributed by atoms with Crippen molar-refractivity contribution in [1.29, 1.82) is 0 Å². The molecule has 0 radical (unpaired) electrons. The molecule has 1 N–H and O–H groups in total. The SMILES string of the molecule is CCC(C[C@@H](C)Oc1ccc(C(C)(F)F)cc1)NC(C)(C)C. The second-order valence-corrected chi connectivity index (χ2v) is 7.08. The van der Waals surface area contributed by atoms with E-state index in [1.54, 1.807) is 12.1 Å². The number of rotatable bonds is 7. The predicted molar refractivity (Wildman–Crippen MR) is 87.7 cm³/mol. The Morgan fingerprint density at radius 1 is 1.09 bits per heavy atom. The normalized spacial score (nSPS) is 15.5. The van der Waals surface area contributed by atoms with Crippen molar-refractivity contribution in [3.8, 4) is 5.75 Å². The molecule has 0 aliphatic rings. The molecule has 0 aliphatic heterocycles. The van der Waals surface area contributed by atoms with Crippen LogP contribution in [0.1, 0.15) is 59.9 Å². The van der Waals surface area contributed by atoms with Crippen molar-refractivity contribution in [1.82, 2.24) is 5.32 Å². The van der Waals surface area contributed by atoms with Crippen molar-refractivity contribution in [3.05, 3.63) is 29.8 Å². The Morgan fingerprint density at radius 3 is 2.05 bits per heavy atom. The van der Waals surface area contributed by atoms with Gasteiger partial charge in [-0.1, -0.05) is 6.92 Å². The van der Waals surface area contributed by atoms with Gasteiger partial charge in [-0.3, -0.25) is 0 Å². The van der Waals surface area contributed by atoms with Gasteiger partial charge in [-0.25, -0.2) is 8.78 Å². The van der Waals surface area contributed by atoms with E-state index in [0.717, 1.165) is 19.8 Å². The van der Waals surface area contributed by atoms with Gasteiger partial charge in [-0.2, -0.15) is 0 Å². The molecule has 4 heteroatoms. The predicted octanol–water partition coefficient (Wildman–Crippen LogP) is 5.12. The first-order valence-electron chi connectivity index (χ1n) is 7.94. The van der Waals surface area contributed by atoms with Gasteiger partial charge < -0.3 is 10.1 Å². The molecule has 0 aliphatic carbocycles. The smallest absolute Gasteiger partial charge is 0.270 e. The highest BCUT2D eigenvalue weighted by Crippen LogP contribution is 2.28. The van der Waals surface area contributed by atoms with E-state index in [1.165, 1.54) is 12.1 Å². The van der Waals surface area contributed by atoms with Gasteiger partial charge in [0.15, 0.2) is 0 Å². The second-order valence-electron chi connectivity index (χ2n) is 7.08. The Bertz CT molecular complexity index is 446. The monoisotopic (exact) mass is 313 g/mol. The van der Waals surface area contributed by atoms with E-state index >= 15 is 0 Å². The fourth-order valence-electron chi connectivity index (χ4n) is 2.45. The summed E-state index contributed by atoms with van der Waals surface area (Å²) in [6.45, 7) is 11.5. The summed E-state index contributed by atoms with van der Waals surface area (Å²) in [4.78, 5) is 0. The Morgan fingerprint density at radius 2 is 1.64 bits per heavy atom. The molecule has 0 bridgehead atoms. The lowest BCUT2D eigenvalue weighted by molar-refractivity contribution is 0.0174. The number of nitrogens with one attached hydrogen (secondary N) is 1. The van der Waals surface area contributed by atoms with E-state index in [-0.39, 0.29) is 17.2 Å². The van der Waals surface area contributed by atoms with Crippen LogP contribution in [-0.4, -0.2) is 17.7 Å². The third kappa shape index (κ3) is 6.73. The first-order chi connectivity index (χ1) is 10.0. The van der Waals surface area contributed by atoms with Crippen molar-refractivity contribution < 1.29 is 13.5 Å². The minimum atomic E-state index is -2.81. The number of alkyl halides is 2. The molecule has 2 nitrogen and oxygen atoms in total. The molecular weight excluding hydrogens is 284 g/mol. The Kier molecular flexibility index (Phi) is 6.36. The zero-order valence-electron chi connectivity index (χ0n) is 14.5. The number of hydrogen-bond donors (Lipinski definition) is 1. The van der Waals surface area contributed by atoms with Gasteiger partial charge in [0.1, 0.15) is 5.75 Å². The van der Waals surface area contributed by atoms with Crippen molar-refractivity contribution in [3.63, 3.8) is 0 Å². The van der Waals surface area contributed by atoms with Crippen LogP contribution in [0, 0.1) is 0 Å². The maximum Gasteiger partial charge on any atom is 0.270 e. The molecule has 0 amide bonds. The van der Waals surface area contributed by atoms with Crippen LogP contribution in [0.15, 0.2) is 24.3 Å². The average Bonchev–Trinajstić information content (AvgIpc) is 2.35. The van der Waals surface area contributed by atoms with Crippen LogP contribution in [0.2, 0.25) is 0 Å². The number of ether oxygens (including phenoxy) is 1. The fourth-order valence-corrected chi connectivity index (χ4v) is 2.45. The minimum Gasteiger partial charge on any atom is -0.491 e. The van der Waals surface area contributed by atoms with Crippen LogP contribution in [0.4, 0.5) is 8.78 Å². The molecule has 1 rings (SSSR count). The standard InChI is InChI=1S/C18H29F2NO/c1-7-15(21-17(3,4)5)12-13(2)22-16-10-8-14(9-11-16)18(6,19)20/h8-11,13,15,21H,7,12H2,1-6H3/t13-,15?/m1/s1. The molecule has 0 saturated heterocycles. The summed E-state index contributed by atoms with van der Waals surface area (Å²) in [5.74, 6) is -2.18. The number of halogens is 2. The van der Waals surface area contributed by atoms with Gasteiger partial charge in [0.05, 0.1) is 6.10 Å². The summed E-state index contributed by atoms with van der Waals surface area (Å²) >= 11 is 0. The van der Waals surface area contributed by atoms with E-state index in [0.29, 0.717) is 11.8 Å². The van der Waals surface area contributed by atoms with E-state index in [9.17, 15) is 8.78 Å². The first-order valence-corrected chi connectivity index (χ1v) is 7.94. The topological polar surface area (TPSA) is 21.3 Å². The van der Waals surface area contributed by atoms with Gasteiger partial charge in [0, 0.05) is 24.1 Å². The minimum absolute atomic E-state index is 0.00772. The van der Waals surface area contributed by atoms with Crippen LogP contribution in [0.25, 0.3) is 0 Å². The van der Waals surface area contributed by atoms with Crippen LogP contribution >= 0.6 is 0 Å². The third-order valence-electron chi connectivity index (χ3n) is 3.44. The summed E-state index contributed by atoms with van der Waals surface area (Å²) < 4.78 is 32.2. The highest BCUT2D eigenvalue weighted by molar-refractivity contribution is 5.29. The van der Waals surface area contributed by atoms with Crippen LogP contribution in [-0.2, 0) is 5.92 Å². The van der Waals surface area contributed by atoms with Gasteiger partial charge in [-0.05, 0) is 64.8 Å². The molecule has 2 atom stereocenters. The lowest BCUT2D eigenvalue weighted by Crippen LogP contribution is -2.45. The van der Waals surface area contributed by atoms with Crippen LogP contribution < -0.4 is 10.1 Å². The molecule has 126 valence electrons. The van der Waals surface area contributed by atoms with Crippen molar-refractivity contribution in [2.75, 3.05) is 0 Å². The zero-order valence-corrected chi connectivity index (χ0v) is 14.5. The van der Waals surface area contributed by atoms with Crippen LogP contribution in [0.5, 0.6) is 5.75 Å². The molecule has 0 heterocycles. The maximum absolute atomic E-state index is 13.2. The number of benzene rings is 1. The summed E-state index contributed by atoms with van der Waals surface area (Å²) in [5.41, 5.74) is 0.0720. The van der Waals surface area contributed by atoms with Crippen LogP contribution in [0.3, 0.4) is 0 Å². The van der Waals surface area contributed by atoms with Crippen molar-refractivity contribution >= 4 is 0 Å². The molecule has 1 unspecified atom stereocenters. The first kappa shape index (κ1) is 18.9. The number of hydrogen-bond acceptors (Lipinski definition) is 2. The zero-order chi connectivity index (χ0) is 17.0.